The van der Waals surface area contributed by atoms with Gasteiger partial charge in [-0.1, -0.05) is 137 Å². The molecule has 13 nitrogen and oxygen atoms in total. The number of aryl methyl sites for hydroxylation is 1. The van der Waals surface area contributed by atoms with E-state index in [1.54, 1.807) is 10.6 Å². The number of unbranched alkanes of at least 4 members (excludes halogenated alkanes) is 1. The van der Waals surface area contributed by atoms with Crippen LogP contribution in [-0.4, -0.2) is 145 Å². The lowest BCUT2D eigenvalue weighted by molar-refractivity contribution is -0.138. The van der Waals surface area contributed by atoms with Crippen LogP contribution in [0.25, 0.3) is 0 Å². The van der Waals surface area contributed by atoms with Crippen molar-refractivity contribution in [3.8, 4) is 12.1 Å². The van der Waals surface area contributed by atoms with Crippen molar-refractivity contribution in [2.24, 2.45) is 86.8 Å². The van der Waals surface area contributed by atoms with Crippen molar-refractivity contribution in [3.63, 3.8) is 0 Å². The van der Waals surface area contributed by atoms with Crippen molar-refractivity contribution in [1.82, 2.24) is 39.3 Å². The third-order valence-electron chi connectivity index (χ3n) is 25.2. The molecule has 101 heavy (non-hydrogen) atoms. The first-order valence-corrected chi connectivity index (χ1v) is 42.1. The number of hydrogen-bond acceptors (Lipinski definition) is 12. The van der Waals surface area contributed by atoms with Crippen LogP contribution in [0.5, 0.6) is 0 Å². The number of halogens is 3. The van der Waals surface area contributed by atoms with Crippen LogP contribution < -0.4 is 5.32 Å². The number of aromatic nitrogens is 3. The molecule has 4 aliphatic heterocycles. The van der Waals surface area contributed by atoms with Crippen LogP contribution in [-0.2, 0) is 23.0 Å². The van der Waals surface area contributed by atoms with E-state index < -0.39 is 22.6 Å². The molecular formula is C84H151F3N10O3S. The Kier molecular flexibility index (Phi) is 42.5. The fraction of sp³-hybridized carbons (Fsp3) is 0.869. The minimum Gasteiger partial charge on any atom is -0.395 e. The lowest BCUT2D eigenvalue weighted by Gasteiger charge is -2.42. The van der Waals surface area contributed by atoms with E-state index in [1.807, 2.05) is 35.8 Å². The average molecular weight is 1440 g/mol. The van der Waals surface area contributed by atoms with Crippen molar-refractivity contribution in [3.05, 3.63) is 54.4 Å². The summed E-state index contributed by atoms with van der Waals surface area (Å²) in [5, 5.41) is 29.3. The molecule has 9 rings (SSSR count). The number of pyridine rings is 1. The number of nitrogens with one attached hydrogen (secondary N) is 1. The molecule has 3 saturated carbocycles. The lowest BCUT2D eigenvalue weighted by atomic mass is 9.68. The summed E-state index contributed by atoms with van der Waals surface area (Å²) in [7, 11) is -2.97. The number of nitriles is 2. The first kappa shape index (κ1) is 91.9. The first-order chi connectivity index (χ1) is 47.4. The number of piperidine rings is 4. The number of hydrogen-bond donors (Lipinski definition) is 2. The summed E-state index contributed by atoms with van der Waals surface area (Å²) < 4.78 is 60.3. The second-order valence-electron chi connectivity index (χ2n) is 36.0. The molecule has 7 aliphatic rings. The molecule has 0 atom stereocenters. The van der Waals surface area contributed by atoms with Gasteiger partial charge in [0.15, 0.2) is 0 Å². The first-order valence-electron chi connectivity index (χ1n) is 40.3. The maximum atomic E-state index is 12.0. The number of aliphatic hydroxyl groups excluding tert-OH is 1. The molecule has 0 unspecified atom stereocenters. The Balaban J connectivity index is 0.000000307. The summed E-state index contributed by atoms with van der Waals surface area (Å²) in [6, 6.07) is 9.28. The van der Waals surface area contributed by atoms with Gasteiger partial charge in [-0.3, -0.25) is 4.98 Å². The molecule has 7 fully saturated rings. The summed E-state index contributed by atoms with van der Waals surface area (Å²) in [4.78, 5) is 19.0. The van der Waals surface area contributed by atoms with Crippen LogP contribution in [0.3, 0.4) is 0 Å². The van der Waals surface area contributed by atoms with E-state index in [9.17, 15) is 21.6 Å². The fourth-order valence-corrected chi connectivity index (χ4v) is 16.5. The van der Waals surface area contributed by atoms with Crippen LogP contribution in [0.1, 0.15) is 283 Å². The van der Waals surface area contributed by atoms with Crippen LogP contribution in [0.4, 0.5) is 13.2 Å². The van der Waals surface area contributed by atoms with Crippen LogP contribution in [0.2, 0.25) is 0 Å². The van der Waals surface area contributed by atoms with Crippen LogP contribution in [0, 0.1) is 109 Å². The van der Waals surface area contributed by atoms with E-state index in [0.717, 1.165) is 137 Å². The summed E-state index contributed by atoms with van der Waals surface area (Å²) in [6.07, 6.45) is 35.4. The quantitative estimate of drug-likeness (QED) is 0.121. The maximum Gasteiger partial charge on any atom is 0.390 e. The standard InChI is InChI=1S/C15H24N2.C13H20N2.C12H22F3N.C12H22N2.C11H23NO.C11H19N.C10H21NO2S/c1-12(2)15-7-5-13(6-8-15)3-4-14-9-16-11-17-10-14;1-11-4-6-13(7-5-11)15-10-12-3-2-8-14-9-12;1-11(2,3)10-4-7-16(8-5-10)9-6-12(13,14)15;1-11(2)12(3)5-9-14(10-6-12)8-4-7-13;1-11(2,3)10-4-6-12(7-5-10)8-9-13;1-9(2)11-7-10(8-11)5-3-4-6-12;1-9(2)10(3)5-7-11(8-6-10)14(4,12)13/h9-13,15H,3-8H2,1-2H3;2-3,8-9,11,13,15H,4-7,10H2,1H3;10H,4-9H2,1-3H3;11H,4-6,8-10H2,1-3H3;10,13H,4-9H2,1-3H3;9-11H,3-5,7-8H2,1-2H3;9H,5-8H2,1-4H3. The molecule has 2 aromatic heterocycles. The Morgan fingerprint density at radius 3 is 1.50 bits per heavy atom. The third-order valence-corrected chi connectivity index (χ3v) is 26.5. The number of nitrogens with zero attached hydrogens (tertiary/aromatic N) is 9. The second-order valence-corrected chi connectivity index (χ2v) is 38.0. The smallest absolute Gasteiger partial charge is 0.390 e. The van der Waals surface area contributed by atoms with Gasteiger partial charge in [-0.05, 0) is 272 Å². The SMILES string of the molecule is CC(C)(C)C1CCN(CCC(F)(F)F)CC1.CC(C)(C)C1CCN(CCO)CC1.CC(C)C1(C)CCN(CCC#N)CC1.CC(C)C1(C)CCN(S(C)(=O)=O)CC1.CC(C)C1CC(CCCC#N)C1.CC(C)C1CCC(CCc2cncnc2)CC1.CC1CCC(NCc2cccnc2)CC1. The van der Waals surface area contributed by atoms with Gasteiger partial charge < -0.3 is 25.1 Å². The molecule has 0 radical (unpaired) electrons. The van der Waals surface area contributed by atoms with E-state index in [4.69, 9.17) is 15.6 Å². The van der Waals surface area contributed by atoms with Crippen molar-refractivity contribution >= 4 is 10.0 Å². The van der Waals surface area contributed by atoms with Gasteiger partial charge in [0, 0.05) is 82.9 Å². The van der Waals surface area contributed by atoms with Crippen LogP contribution >= 0.6 is 0 Å². The van der Waals surface area contributed by atoms with E-state index in [1.165, 1.54) is 146 Å². The number of alkyl halides is 3. The lowest BCUT2D eigenvalue weighted by Crippen LogP contribution is -2.43. The summed E-state index contributed by atoms with van der Waals surface area (Å²) >= 11 is 0. The predicted octanol–water partition coefficient (Wildman–Crippen LogP) is 19.8. The van der Waals surface area contributed by atoms with Gasteiger partial charge in [-0.2, -0.15) is 23.7 Å². The highest BCUT2D eigenvalue weighted by Gasteiger charge is 2.37. The van der Waals surface area contributed by atoms with Crippen molar-refractivity contribution in [2.45, 2.75) is 297 Å². The Bertz CT molecular complexity index is 2620. The zero-order valence-corrected chi connectivity index (χ0v) is 68.5. The van der Waals surface area contributed by atoms with Gasteiger partial charge in [-0.25, -0.2) is 22.7 Å². The van der Waals surface area contributed by atoms with Crippen molar-refractivity contribution < 1.29 is 26.7 Å². The molecule has 0 amide bonds. The number of likely N-dealkylation sites (tertiary alicyclic amines) is 3. The van der Waals surface area contributed by atoms with Gasteiger partial charge in [0.05, 0.1) is 31.4 Å². The highest BCUT2D eigenvalue weighted by Crippen LogP contribution is 2.43. The number of aliphatic hydroxyl groups is 1. The van der Waals surface area contributed by atoms with Crippen molar-refractivity contribution in [2.75, 3.05) is 84.9 Å². The number of rotatable bonds is 20. The van der Waals surface area contributed by atoms with Crippen LogP contribution in [0.15, 0.2) is 43.2 Å². The molecule has 0 bridgehead atoms. The molecule has 6 heterocycles. The Morgan fingerprint density at radius 1 is 0.604 bits per heavy atom. The van der Waals surface area contributed by atoms with E-state index >= 15 is 0 Å². The molecule has 582 valence electrons. The Labute approximate surface area is 618 Å². The summed E-state index contributed by atoms with van der Waals surface area (Å²) in [6.45, 7) is 50.1. The van der Waals surface area contributed by atoms with Gasteiger partial charge in [0.25, 0.3) is 0 Å². The Hall–Kier alpha value is -3.29. The van der Waals surface area contributed by atoms with Crippen molar-refractivity contribution in [1.29, 1.82) is 10.5 Å². The molecule has 0 spiro atoms. The van der Waals surface area contributed by atoms with Gasteiger partial charge in [-0.15, -0.1) is 0 Å². The normalized spacial score (nSPS) is 24.2. The zero-order valence-electron chi connectivity index (χ0n) is 67.7. The monoisotopic (exact) mass is 1440 g/mol. The predicted molar refractivity (Wildman–Crippen MR) is 416 cm³/mol. The summed E-state index contributed by atoms with van der Waals surface area (Å²) in [5.74, 6) is 9.44. The molecule has 4 saturated heterocycles. The number of β-amino-alcohol motifs (C(OH)–C–C–N with tert-alkyl or cyclic N) is 1. The van der Waals surface area contributed by atoms with E-state index in [0.29, 0.717) is 54.2 Å². The average Bonchev–Trinajstić information content (AvgIpc) is 0.819. The second kappa shape index (κ2) is 46.7. The molecule has 0 aromatic carbocycles. The fourth-order valence-electron chi connectivity index (χ4n) is 15.7. The molecular weight excluding hydrogens is 1290 g/mol. The molecule has 3 aliphatic carbocycles. The summed E-state index contributed by atoms with van der Waals surface area (Å²) in [5.41, 5.74) is 4.18. The number of sulfonamides is 1. The minimum absolute atomic E-state index is 0.167. The molecule has 2 aromatic rings. The molecule has 17 heteroatoms. The Morgan fingerprint density at radius 2 is 1.08 bits per heavy atom. The molecule has 2 N–H and O–H groups in total. The largest absolute Gasteiger partial charge is 0.395 e. The maximum absolute atomic E-state index is 12.0. The van der Waals surface area contributed by atoms with Gasteiger partial charge in [0.1, 0.15) is 6.33 Å². The van der Waals surface area contributed by atoms with E-state index in [-0.39, 0.29) is 12.0 Å². The minimum atomic E-state index is -4.01. The highest BCUT2D eigenvalue weighted by atomic mass is 32.2. The van der Waals surface area contributed by atoms with Gasteiger partial charge >= 0.3 is 6.18 Å². The van der Waals surface area contributed by atoms with E-state index in [2.05, 4.69) is 166 Å². The zero-order chi connectivity index (χ0) is 75.5. The van der Waals surface area contributed by atoms with Gasteiger partial charge in [0.2, 0.25) is 10.0 Å². The third kappa shape index (κ3) is 38.2. The highest BCUT2D eigenvalue weighted by molar-refractivity contribution is 7.88. The topological polar surface area (TPSA) is 166 Å².